The van der Waals surface area contributed by atoms with E-state index in [1.54, 1.807) is 0 Å². The summed E-state index contributed by atoms with van der Waals surface area (Å²) >= 11 is 25.6. The number of hydrogen-bond donors (Lipinski definition) is 6. The molecule has 524 valence electrons. The van der Waals surface area contributed by atoms with Gasteiger partial charge in [0.2, 0.25) is 34.4 Å². The predicted octanol–water partition coefficient (Wildman–Crippen LogP) is -22.2. The Balaban J connectivity index is 0.00000378. The van der Waals surface area contributed by atoms with Crippen LogP contribution in [0.3, 0.4) is 0 Å². The summed E-state index contributed by atoms with van der Waals surface area (Å²) in [4.78, 5) is 66.9. The number of nitrogens with one attached hydrogen (secondary N) is 6. The smallest absolute Gasteiger partial charge is 0.807 e. The quantitative estimate of drug-likeness (QED) is 0.0234. The Bertz CT molecular complexity index is 5770. The predicted molar refractivity (Wildman–Crippen MR) is 329 cm³/mol. The van der Waals surface area contributed by atoms with Crippen LogP contribution in [0.4, 0.5) is 80.7 Å². The first kappa shape index (κ1) is 102. The number of fused-ring (bicyclic) bond motifs is 4. The molecule has 0 fully saturated rings. The maximum atomic E-state index is 13.3. The van der Waals surface area contributed by atoms with Crippen molar-refractivity contribution >= 4 is 214 Å². The van der Waals surface area contributed by atoms with Crippen LogP contribution in [-0.2, 0) is 69.8 Å². The molecular formula is C48H22Cl4N14Na8O26P2S6-2. The zero-order valence-electron chi connectivity index (χ0n) is 55.3. The van der Waals surface area contributed by atoms with Gasteiger partial charge in [0.1, 0.15) is 103 Å². The number of halogens is 4. The molecule has 9 aromatic rings. The van der Waals surface area contributed by atoms with Gasteiger partial charge < -0.3 is 97.4 Å². The van der Waals surface area contributed by atoms with Crippen LogP contribution in [0.2, 0.25) is 20.6 Å². The van der Waals surface area contributed by atoms with E-state index in [0.717, 1.165) is 48.5 Å². The first-order valence-corrected chi connectivity index (χ1v) is 38.7. The standard InChI is InChI=1S/C48H32Cl4N14O26P2S6.8Na/c49-29-32-36(92-34-22(58-32)8-10-24(38(34)96(76,77)78)56-26-12-14-28(42(100(88,89)90)40(26)98(82,83)84)60-48-64-44(52)62-46(66-48)54-18-4-2-6-20(16-18)94(70,71)72)30(50)31-35(29)91-33-21(57-31)7-9-23(37(33)95(73,74)75)55-25-11-13-27(41(99(85,86)87)39(25)97(79,80)81)59-47-63-43(51)61-45(65-47)53-17-3-1-5-19(15-17)93(67,68)69;;;;;;;;/h1-16,55-56H,(H2,67,68,69)(H2,70,71,72)(H,73,74,75)(H,76,77,78)(H,79,80,81)(H,82,83,84)(H,85,86,87)(H,88,89,90)(H2,53,59,61,63,65)(H2,54,60,62,64,66);;;;;;;;/q;8*+1/p-10. The number of hydrogen-bond acceptors (Lipinski definition) is 40. The van der Waals surface area contributed by atoms with Crippen molar-refractivity contribution in [2.45, 2.75) is 29.4 Å². The average molecular weight is 1790 g/mol. The van der Waals surface area contributed by atoms with Crippen LogP contribution in [0, 0.1) is 0 Å². The molecule has 0 spiro atoms. The minimum atomic E-state index is -6.24. The normalized spacial score (nSPS) is 12.2. The van der Waals surface area contributed by atoms with Gasteiger partial charge in [-0.1, -0.05) is 47.5 Å². The second-order valence-corrected chi connectivity index (χ2v) is 32.1. The number of rotatable bonds is 20. The van der Waals surface area contributed by atoms with E-state index in [2.05, 4.69) is 71.8 Å². The van der Waals surface area contributed by atoms with Crippen LogP contribution < -0.4 is 319 Å². The van der Waals surface area contributed by atoms with Crippen molar-refractivity contribution in [3.05, 3.63) is 128 Å². The van der Waals surface area contributed by atoms with Gasteiger partial charge in [0, 0.05) is 11.4 Å². The average Bonchev–Trinajstić information content (AvgIpc) is 0.722. The van der Waals surface area contributed by atoms with Crippen molar-refractivity contribution < 1.29 is 352 Å². The van der Waals surface area contributed by atoms with Crippen LogP contribution >= 0.6 is 61.6 Å². The second-order valence-electron chi connectivity index (χ2n) is 19.7. The van der Waals surface area contributed by atoms with Crippen LogP contribution in [-0.4, -0.2) is 108 Å². The number of nitrogens with zero attached hydrogens (tertiary/aromatic N) is 8. The SMILES string of the molecule is O=P([O-])([O-])c1cccc(Nc2nc(Cl)nc(Nc3ccc(Nc4ccc5c(c4S(=O)(=O)[O-])Oc4c(Cl)c6c(c(Cl)c4=N5)Oc4c(ccc(Nc5ccc(Nc7nc(Cl)nc(Nc8cccc(P(=O)([O-])[O-])c8)n7)c(S(=O)(=O)[O-])c5S(=O)(=O)[O-])c4S(=O)(=O)[O-])N=6)c(S(=O)(=O)[O-])c3S(=O)(=O)[O-])n2)c1.[Na+].[Na+].[Na+].[Na+].[Na+].[Na+].[Na+].[Na+]. The molecule has 2 aliphatic rings. The number of anilines is 12. The Labute approximate surface area is 805 Å². The molecule has 108 heavy (non-hydrogen) atoms. The Kier molecular flexibility index (Phi) is 36.2. The summed E-state index contributed by atoms with van der Waals surface area (Å²) in [5, 5.41) is 7.89. The van der Waals surface area contributed by atoms with E-state index >= 15 is 0 Å². The third-order valence-electron chi connectivity index (χ3n) is 13.1. The van der Waals surface area contributed by atoms with E-state index < -0.39 is 239 Å². The molecule has 11 rings (SSSR count). The van der Waals surface area contributed by atoms with Gasteiger partial charge in [-0.25, -0.2) is 60.5 Å². The Morgan fingerprint density at radius 1 is 0.324 bits per heavy atom. The summed E-state index contributed by atoms with van der Waals surface area (Å²) in [7, 11) is -47.4. The van der Waals surface area contributed by atoms with Crippen LogP contribution in [0.15, 0.2) is 136 Å². The maximum Gasteiger partial charge on any atom is 1.00 e. The number of aromatic nitrogens is 6. The molecule has 2 aliphatic heterocycles. The zero-order valence-corrected chi connectivity index (χ0v) is 81.0. The van der Waals surface area contributed by atoms with Gasteiger partial charge in [-0.2, -0.15) is 29.9 Å². The molecule has 7 aromatic carbocycles. The van der Waals surface area contributed by atoms with Gasteiger partial charge >= 0.3 is 236 Å². The van der Waals surface area contributed by atoms with E-state index in [-0.39, 0.29) is 248 Å². The molecule has 0 unspecified atom stereocenters. The largest absolute Gasteiger partial charge is 1.00 e. The maximum absolute atomic E-state index is 13.3. The van der Waals surface area contributed by atoms with Crippen LogP contribution in [0.25, 0.3) is 0 Å². The molecular weight excluding hydrogens is 1770 g/mol. The van der Waals surface area contributed by atoms with Crippen molar-refractivity contribution in [3.8, 4) is 23.0 Å². The fourth-order valence-corrected chi connectivity index (χ4v) is 17.0. The number of ether oxygens (including phenoxy) is 2. The molecule has 0 amide bonds. The van der Waals surface area contributed by atoms with Crippen LogP contribution in [0.5, 0.6) is 23.0 Å². The Morgan fingerprint density at radius 2 is 0.574 bits per heavy atom. The van der Waals surface area contributed by atoms with Crippen molar-refractivity contribution in [2.24, 2.45) is 9.98 Å². The van der Waals surface area contributed by atoms with E-state index in [0.29, 0.717) is 36.4 Å². The molecule has 60 heteroatoms. The minimum absolute atomic E-state index is 0. The zero-order chi connectivity index (χ0) is 73.1. The summed E-state index contributed by atoms with van der Waals surface area (Å²) in [5.41, 5.74) is -8.22. The van der Waals surface area contributed by atoms with E-state index in [9.17, 15) is 107 Å². The number of benzene rings is 7. The van der Waals surface area contributed by atoms with Gasteiger partial charge in [0.15, 0.2) is 23.0 Å². The Morgan fingerprint density at radius 3 is 0.843 bits per heavy atom. The summed E-state index contributed by atoms with van der Waals surface area (Å²) < 4.78 is 271. The molecule has 0 saturated heterocycles. The van der Waals surface area contributed by atoms with Crippen molar-refractivity contribution in [2.75, 3.05) is 31.9 Å². The fourth-order valence-electron chi connectivity index (χ4n) is 9.36. The van der Waals surface area contributed by atoms with Crippen molar-refractivity contribution in [1.82, 2.24) is 29.9 Å². The molecule has 0 saturated carbocycles. The summed E-state index contributed by atoms with van der Waals surface area (Å²) in [5.74, 6) is -6.43. The van der Waals surface area contributed by atoms with Crippen molar-refractivity contribution in [3.63, 3.8) is 0 Å². The molecule has 0 atom stereocenters. The van der Waals surface area contributed by atoms with Crippen molar-refractivity contribution in [1.29, 1.82) is 0 Å². The molecule has 4 heterocycles. The third-order valence-corrected chi connectivity index (χ3v) is 21.7. The monoisotopic (exact) mass is 1790 g/mol. The topological polar surface area (TPSA) is 662 Å². The molecule has 0 aliphatic carbocycles. The van der Waals surface area contributed by atoms with Gasteiger partial charge in [0.05, 0.1) is 53.7 Å². The van der Waals surface area contributed by atoms with Gasteiger partial charge in [0.25, 0.3) is 0 Å². The fraction of sp³-hybridized carbons (Fsp3) is 0. The molecule has 0 bridgehead atoms. The van der Waals surface area contributed by atoms with Gasteiger partial charge in [-0.15, -0.1) is 0 Å². The third kappa shape index (κ3) is 23.1. The first-order valence-electron chi connectivity index (χ1n) is 25.7. The molecule has 0 radical (unpaired) electrons. The van der Waals surface area contributed by atoms with E-state index in [1.165, 1.54) is 12.1 Å². The van der Waals surface area contributed by atoms with E-state index in [1.807, 2.05) is 0 Å². The summed E-state index contributed by atoms with van der Waals surface area (Å²) in [6.45, 7) is 0. The van der Waals surface area contributed by atoms with Gasteiger partial charge in [-0.05, 0) is 122 Å². The molecule has 6 N–H and O–H groups in total. The molecule has 40 nitrogen and oxygen atoms in total. The first-order chi connectivity index (χ1) is 46.2. The Hall–Kier alpha value is -0.520. The summed E-state index contributed by atoms with van der Waals surface area (Å²) in [6, 6.07) is 13.8. The summed E-state index contributed by atoms with van der Waals surface area (Å²) in [6.07, 6.45) is 0. The van der Waals surface area contributed by atoms with Crippen LogP contribution in [0.1, 0.15) is 0 Å². The second kappa shape index (κ2) is 38.5. The molecule has 2 aromatic heterocycles. The van der Waals surface area contributed by atoms with Gasteiger partial charge in [-0.3, -0.25) is 0 Å². The van der Waals surface area contributed by atoms with E-state index in [4.69, 9.17) is 55.9 Å². The minimum Gasteiger partial charge on any atom is -0.807 e.